The Hall–Kier alpha value is -4.32. The second kappa shape index (κ2) is 8.59. The summed E-state index contributed by atoms with van der Waals surface area (Å²) in [6.07, 6.45) is 3.75. The Bertz CT molecular complexity index is 1220. The number of nitrogens with one attached hydrogen (secondary N) is 2. The Balaban J connectivity index is 1.57. The second-order valence-electron chi connectivity index (χ2n) is 6.84. The molecule has 0 aliphatic carbocycles. The molecule has 2 aromatic heterocycles. The first-order valence-electron chi connectivity index (χ1n) is 9.49. The van der Waals surface area contributed by atoms with Gasteiger partial charge in [0.1, 0.15) is 23.1 Å². The first-order chi connectivity index (χ1) is 15.1. The number of hydrogen-bond donors (Lipinski definition) is 2. The standard InChI is InChI=1S/C22H19N5O4/c1-31-18-8-5-15-12-26(21(29)19(15)10-18)13-16(25-22(30)24-14-28)6-7-17-11-23-20-4-2-3-9-27(17)20/h2-5,8-11,14,16H,12-13H2,1H3,(H2,24,25,28,30)/t16-/m1/s1. The zero-order valence-corrected chi connectivity index (χ0v) is 16.7. The highest BCUT2D eigenvalue weighted by Crippen LogP contribution is 2.26. The van der Waals surface area contributed by atoms with E-state index >= 15 is 0 Å². The van der Waals surface area contributed by atoms with E-state index < -0.39 is 12.1 Å². The number of ether oxygens (including phenoxy) is 1. The molecule has 0 fully saturated rings. The lowest BCUT2D eigenvalue weighted by atomic mass is 10.1. The average molecular weight is 417 g/mol. The van der Waals surface area contributed by atoms with E-state index in [1.54, 1.807) is 30.3 Å². The van der Waals surface area contributed by atoms with Crippen LogP contribution in [0.2, 0.25) is 0 Å². The number of pyridine rings is 1. The third kappa shape index (κ3) is 4.18. The fourth-order valence-electron chi connectivity index (χ4n) is 3.40. The monoisotopic (exact) mass is 417 g/mol. The van der Waals surface area contributed by atoms with Gasteiger partial charge in [-0.1, -0.05) is 18.1 Å². The number of imide groups is 1. The van der Waals surface area contributed by atoms with Gasteiger partial charge in [-0.2, -0.15) is 0 Å². The molecule has 0 spiro atoms. The molecule has 0 radical (unpaired) electrons. The predicted octanol–water partition coefficient (Wildman–Crippen LogP) is 1.17. The molecule has 3 heterocycles. The number of hydrogen-bond acceptors (Lipinski definition) is 5. The Morgan fingerprint density at radius 2 is 2.23 bits per heavy atom. The summed E-state index contributed by atoms with van der Waals surface area (Å²) in [5, 5.41) is 4.65. The van der Waals surface area contributed by atoms with E-state index in [-0.39, 0.29) is 18.9 Å². The summed E-state index contributed by atoms with van der Waals surface area (Å²) in [6, 6.07) is 9.52. The summed E-state index contributed by atoms with van der Waals surface area (Å²) in [5.74, 6) is 6.41. The van der Waals surface area contributed by atoms with Gasteiger partial charge in [-0.3, -0.25) is 19.3 Å². The van der Waals surface area contributed by atoms with Gasteiger partial charge >= 0.3 is 6.03 Å². The minimum absolute atomic E-state index is 0.145. The summed E-state index contributed by atoms with van der Waals surface area (Å²) in [7, 11) is 1.54. The normalized spacial score (nSPS) is 13.2. The van der Waals surface area contributed by atoms with Crippen molar-refractivity contribution in [2.45, 2.75) is 12.6 Å². The fraction of sp³-hybridized carbons (Fsp3) is 0.182. The van der Waals surface area contributed by atoms with Crippen molar-refractivity contribution in [3.8, 4) is 17.6 Å². The number of nitrogens with zero attached hydrogens (tertiary/aromatic N) is 3. The summed E-state index contributed by atoms with van der Waals surface area (Å²) >= 11 is 0. The molecule has 0 bridgehead atoms. The predicted molar refractivity (Wildman–Crippen MR) is 111 cm³/mol. The van der Waals surface area contributed by atoms with Gasteiger partial charge < -0.3 is 15.0 Å². The van der Waals surface area contributed by atoms with Gasteiger partial charge in [0.25, 0.3) is 5.91 Å². The summed E-state index contributed by atoms with van der Waals surface area (Å²) < 4.78 is 7.02. The molecule has 0 saturated heterocycles. The first kappa shape index (κ1) is 20.0. The molecule has 4 amide bonds. The Morgan fingerprint density at radius 1 is 1.35 bits per heavy atom. The topological polar surface area (TPSA) is 105 Å². The van der Waals surface area contributed by atoms with Crippen molar-refractivity contribution in [3.05, 3.63) is 65.6 Å². The van der Waals surface area contributed by atoms with Crippen LogP contribution in [0.15, 0.2) is 48.8 Å². The summed E-state index contributed by atoms with van der Waals surface area (Å²) in [5.41, 5.74) is 2.81. The zero-order valence-electron chi connectivity index (χ0n) is 16.7. The van der Waals surface area contributed by atoms with Crippen molar-refractivity contribution in [1.29, 1.82) is 0 Å². The maximum atomic E-state index is 12.8. The van der Waals surface area contributed by atoms with E-state index in [4.69, 9.17) is 4.74 Å². The number of fused-ring (bicyclic) bond motifs is 2. The molecule has 31 heavy (non-hydrogen) atoms. The third-order valence-corrected chi connectivity index (χ3v) is 4.89. The molecule has 156 valence electrons. The largest absolute Gasteiger partial charge is 0.497 e. The maximum absolute atomic E-state index is 12.8. The van der Waals surface area contributed by atoms with Gasteiger partial charge in [-0.15, -0.1) is 0 Å². The van der Waals surface area contributed by atoms with Crippen molar-refractivity contribution in [3.63, 3.8) is 0 Å². The van der Waals surface area contributed by atoms with Crippen LogP contribution < -0.4 is 15.4 Å². The van der Waals surface area contributed by atoms with Gasteiger partial charge in [0, 0.05) is 18.3 Å². The summed E-state index contributed by atoms with van der Waals surface area (Å²) in [4.78, 5) is 41.2. The van der Waals surface area contributed by atoms with Crippen LogP contribution in [0.5, 0.6) is 5.75 Å². The van der Waals surface area contributed by atoms with Crippen LogP contribution in [0.4, 0.5) is 4.79 Å². The minimum Gasteiger partial charge on any atom is -0.497 e. The van der Waals surface area contributed by atoms with Gasteiger partial charge in [0.05, 0.1) is 19.9 Å². The van der Waals surface area contributed by atoms with Crippen molar-refractivity contribution in [2.75, 3.05) is 13.7 Å². The number of urea groups is 1. The molecule has 1 aliphatic rings. The second-order valence-corrected chi connectivity index (χ2v) is 6.84. The highest BCUT2D eigenvalue weighted by Gasteiger charge is 2.29. The van der Waals surface area contributed by atoms with Crippen LogP contribution in [0.3, 0.4) is 0 Å². The minimum atomic E-state index is -0.714. The first-order valence-corrected chi connectivity index (χ1v) is 9.49. The number of aromatic nitrogens is 2. The van der Waals surface area contributed by atoms with E-state index in [2.05, 4.69) is 22.1 Å². The van der Waals surface area contributed by atoms with E-state index in [1.807, 2.05) is 40.2 Å². The Kier molecular flexibility index (Phi) is 5.53. The molecule has 9 nitrogen and oxygen atoms in total. The number of imidazole rings is 1. The molecule has 9 heteroatoms. The number of methoxy groups -OCH3 is 1. The molecule has 4 rings (SSSR count). The van der Waals surface area contributed by atoms with Gasteiger partial charge in [-0.05, 0) is 35.7 Å². The zero-order chi connectivity index (χ0) is 21.8. The number of rotatable bonds is 5. The lowest BCUT2D eigenvalue weighted by molar-refractivity contribution is -0.108. The summed E-state index contributed by atoms with van der Waals surface area (Å²) in [6.45, 7) is 0.536. The van der Waals surface area contributed by atoms with Crippen molar-refractivity contribution in [2.24, 2.45) is 0 Å². The van der Waals surface area contributed by atoms with E-state index in [0.717, 1.165) is 11.2 Å². The van der Waals surface area contributed by atoms with Gasteiger partial charge in [0.2, 0.25) is 6.41 Å². The molecular weight excluding hydrogens is 398 g/mol. The van der Waals surface area contributed by atoms with Gasteiger partial charge in [-0.25, -0.2) is 9.78 Å². The van der Waals surface area contributed by atoms with Crippen LogP contribution in [-0.4, -0.2) is 52.3 Å². The van der Waals surface area contributed by atoms with Crippen molar-refractivity contribution in [1.82, 2.24) is 24.9 Å². The fourth-order valence-corrected chi connectivity index (χ4v) is 3.40. The number of benzene rings is 1. The van der Waals surface area contributed by atoms with Crippen molar-refractivity contribution < 1.29 is 19.1 Å². The molecular formula is C22H19N5O4. The number of carbonyl (C=O) groups is 3. The molecule has 1 aliphatic heterocycles. The van der Waals surface area contributed by atoms with Gasteiger partial charge in [0.15, 0.2) is 0 Å². The lowest BCUT2D eigenvalue weighted by Crippen LogP contribution is -2.46. The van der Waals surface area contributed by atoms with Crippen LogP contribution in [0.25, 0.3) is 5.65 Å². The Labute approximate surface area is 178 Å². The highest BCUT2D eigenvalue weighted by molar-refractivity contribution is 5.98. The highest BCUT2D eigenvalue weighted by atomic mass is 16.5. The number of carbonyl (C=O) groups excluding carboxylic acids is 3. The van der Waals surface area contributed by atoms with Crippen molar-refractivity contribution >= 4 is 24.0 Å². The number of amides is 4. The Morgan fingerprint density at radius 3 is 3.03 bits per heavy atom. The molecule has 1 aromatic carbocycles. The smallest absolute Gasteiger partial charge is 0.322 e. The van der Waals surface area contributed by atoms with Crippen LogP contribution in [0, 0.1) is 11.8 Å². The van der Waals surface area contributed by atoms with E-state index in [0.29, 0.717) is 23.6 Å². The van der Waals surface area contributed by atoms with Crippen LogP contribution in [0.1, 0.15) is 21.6 Å². The molecule has 0 saturated carbocycles. The molecule has 2 N–H and O–H groups in total. The van der Waals surface area contributed by atoms with Crippen LogP contribution in [-0.2, 0) is 11.3 Å². The average Bonchev–Trinajstić information content (AvgIpc) is 3.33. The quantitative estimate of drug-likeness (QED) is 0.479. The SMILES string of the molecule is COc1ccc2c(c1)C(=O)N(C[C@@H](C#Cc1cnc3ccccn13)NC(=O)NC=O)C2. The van der Waals surface area contributed by atoms with E-state index in [9.17, 15) is 14.4 Å². The maximum Gasteiger partial charge on any atom is 0.322 e. The van der Waals surface area contributed by atoms with E-state index in [1.165, 1.54) is 0 Å². The third-order valence-electron chi connectivity index (χ3n) is 4.89. The molecule has 1 atom stereocenters. The van der Waals surface area contributed by atoms with Crippen LogP contribution >= 0.6 is 0 Å². The lowest BCUT2D eigenvalue weighted by Gasteiger charge is -2.20. The molecule has 0 unspecified atom stereocenters. The molecule has 3 aromatic rings.